The molecule has 0 N–H and O–H groups in total. The van der Waals surface area contributed by atoms with Gasteiger partial charge in [-0.25, -0.2) is 0 Å². The van der Waals surface area contributed by atoms with E-state index < -0.39 is 12.1 Å². The van der Waals surface area contributed by atoms with Gasteiger partial charge in [0, 0.05) is 43.1 Å². The van der Waals surface area contributed by atoms with Gasteiger partial charge in [-0.3, -0.25) is 15.0 Å². The summed E-state index contributed by atoms with van der Waals surface area (Å²) in [5.74, 6) is 0. The molecular formula is C31H34N6NaO3. The van der Waals surface area contributed by atoms with Crippen molar-refractivity contribution in [3.63, 3.8) is 0 Å². The summed E-state index contributed by atoms with van der Waals surface area (Å²) in [5, 5.41) is 16.2. The van der Waals surface area contributed by atoms with Crippen LogP contribution in [0.25, 0.3) is 10.8 Å². The van der Waals surface area contributed by atoms with Gasteiger partial charge in [-0.1, -0.05) is 103 Å². The average Bonchev–Trinajstić information content (AvgIpc) is 3.00. The second kappa shape index (κ2) is 16.6. The molecule has 0 spiro atoms. The fraction of sp³-hybridized carbons (Fsp3) is 0.290. The molecule has 0 aliphatic rings. The number of benzene rings is 4. The molecule has 2 atom stereocenters. The van der Waals surface area contributed by atoms with Crippen LogP contribution in [0.4, 0.5) is 0 Å². The van der Waals surface area contributed by atoms with Crippen LogP contribution in [0, 0.1) is 14.7 Å². The molecule has 0 aromatic heterocycles. The third kappa shape index (κ3) is 9.18. The van der Waals surface area contributed by atoms with Crippen molar-refractivity contribution in [2.75, 3.05) is 26.7 Å². The van der Waals surface area contributed by atoms with E-state index in [0.29, 0.717) is 25.8 Å². The molecule has 1 radical (unpaired) electrons. The van der Waals surface area contributed by atoms with E-state index in [0.717, 1.165) is 27.5 Å². The Balaban J connectivity index is 0.00000462. The topological polar surface area (TPSA) is 98.0 Å². The monoisotopic (exact) mass is 561 g/mol. The van der Waals surface area contributed by atoms with Crippen molar-refractivity contribution in [1.29, 1.82) is 0 Å². The zero-order valence-corrected chi connectivity index (χ0v) is 25.6. The fourth-order valence-electron chi connectivity index (χ4n) is 5.12. The van der Waals surface area contributed by atoms with Crippen LogP contribution in [0.1, 0.15) is 16.7 Å². The summed E-state index contributed by atoms with van der Waals surface area (Å²) < 4.78 is 0. The zero-order valence-electron chi connectivity index (χ0n) is 23.6. The van der Waals surface area contributed by atoms with Gasteiger partial charge in [0.1, 0.15) is 0 Å². The maximum Gasteiger partial charge on any atom is 0.0736 e. The minimum atomic E-state index is -0.447. The molecule has 10 heteroatoms. The molecule has 0 unspecified atom stereocenters. The van der Waals surface area contributed by atoms with Gasteiger partial charge >= 0.3 is 0 Å². The molecule has 4 aromatic rings. The molecule has 0 fully saturated rings. The van der Waals surface area contributed by atoms with Gasteiger partial charge in [0.2, 0.25) is 0 Å². The molecule has 0 aliphatic carbocycles. The largest absolute Gasteiger partial charge is 0.262 e. The number of likely N-dealkylation sites (N-methyl/N-ethyl adjacent to an activating group) is 1. The summed E-state index contributed by atoms with van der Waals surface area (Å²) in [6.07, 6.45) is 1.58. The first-order valence-electron chi connectivity index (χ1n) is 13.4. The van der Waals surface area contributed by atoms with E-state index >= 15 is 0 Å². The fourth-order valence-corrected chi connectivity index (χ4v) is 5.12. The predicted molar refractivity (Wildman–Crippen MR) is 165 cm³/mol. The minimum absolute atomic E-state index is 0. The summed E-state index contributed by atoms with van der Waals surface area (Å²) in [6, 6.07) is 32.9. The van der Waals surface area contributed by atoms with Crippen molar-refractivity contribution in [2.24, 2.45) is 15.9 Å². The first-order chi connectivity index (χ1) is 19.6. The molecule has 4 aromatic carbocycles. The molecule has 4 rings (SSSR count). The first kappa shape index (κ1) is 31.9. The van der Waals surface area contributed by atoms with Crippen LogP contribution in [-0.2, 0) is 19.3 Å². The van der Waals surface area contributed by atoms with E-state index in [1.54, 1.807) is 7.05 Å². The van der Waals surface area contributed by atoms with Gasteiger partial charge in [0.05, 0.1) is 41.0 Å². The molecule has 0 amide bonds. The molecular weight excluding hydrogens is 527 g/mol. The van der Waals surface area contributed by atoms with Crippen LogP contribution < -0.4 is 0 Å². The third-order valence-corrected chi connectivity index (χ3v) is 7.19. The number of nitrogens with zero attached hydrogens (tertiary/aromatic N) is 6. The molecule has 0 aliphatic heterocycles. The van der Waals surface area contributed by atoms with E-state index in [9.17, 15) is 14.7 Å². The van der Waals surface area contributed by atoms with E-state index in [4.69, 9.17) is 0 Å². The van der Waals surface area contributed by atoms with Crippen molar-refractivity contribution in [2.45, 2.75) is 31.3 Å². The molecule has 0 saturated heterocycles. The van der Waals surface area contributed by atoms with E-state index in [1.807, 2.05) is 84.9 Å². The van der Waals surface area contributed by atoms with Crippen molar-refractivity contribution in [3.8, 4) is 0 Å². The molecule has 0 bridgehead atoms. The Labute approximate surface area is 262 Å². The zero-order chi connectivity index (χ0) is 28.2. The van der Waals surface area contributed by atoms with Crippen LogP contribution >= 0.6 is 0 Å². The Morgan fingerprint density at radius 2 is 1.20 bits per heavy atom. The summed E-state index contributed by atoms with van der Waals surface area (Å²) in [7, 11) is 1.57. The molecule has 9 nitrogen and oxygen atoms in total. The Hall–Kier alpha value is -3.66. The van der Waals surface area contributed by atoms with Crippen molar-refractivity contribution in [3.05, 3.63) is 135 Å². The van der Waals surface area contributed by atoms with Crippen LogP contribution in [0.2, 0.25) is 0 Å². The van der Waals surface area contributed by atoms with Crippen LogP contribution in [-0.4, -0.2) is 83.3 Å². The summed E-state index contributed by atoms with van der Waals surface area (Å²) >= 11 is 0. The number of fused-ring (bicyclic) bond motifs is 1. The number of nitroso groups, excluding NO2 is 3. The summed E-state index contributed by atoms with van der Waals surface area (Å²) in [5.41, 5.74) is 3.14. The average molecular weight is 562 g/mol. The summed E-state index contributed by atoms with van der Waals surface area (Å²) in [4.78, 5) is 35.8. The van der Waals surface area contributed by atoms with Crippen molar-refractivity contribution < 1.29 is 0 Å². The Morgan fingerprint density at radius 3 is 1.85 bits per heavy atom. The molecule has 41 heavy (non-hydrogen) atoms. The van der Waals surface area contributed by atoms with Gasteiger partial charge in [-0.15, -0.1) is 14.7 Å². The Morgan fingerprint density at radius 1 is 0.610 bits per heavy atom. The Bertz CT molecular complexity index is 1370. The molecule has 0 heterocycles. The maximum absolute atomic E-state index is 12.3. The quantitative estimate of drug-likeness (QED) is 0.0974. The van der Waals surface area contributed by atoms with Crippen LogP contribution in [0.3, 0.4) is 0 Å². The van der Waals surface area contributed by atoms with Crippen LogP contribution in [0.15, 0.2) is 119 Å². The van der Waals surface area contributed by atoms with Gasteiger partial charge in [0.25, 0.3) is 0 Å². The van der Waals surface area contributed by atoms with Crippen LogP contribution in [0.5, 0.6) is 0 Å². The van der Waals surface area contributed by atoms with Crippen molar-refractivity contribution >= 4 is 40.3 Å². The third-order valence-electron chi connectivity index (χ3n) is 7.19. The first-order valence-corrected chi connectivity index (χ1v) is 13.4. The maximum atomic E-state index is 12.3. The van der Waals surface area contributed by atoms with Gasteiger partial charge < -0.3 is 0 Å². The smallest absolute Gasteiger partial charge is 0.0736 e. The molecule has 0 saturated carbocycles. The normalized spacial score (nSPS) is 12.0. The second-order valence-electron chi connectivity index (χ2n) is 9.95. The second-order valence-corrected chi connectivity index (χ2v) is 9.95. The number of hydrogen-bond acceptors (Lipinski definition) is 6. The van der Waals surface area contributed by atoms with Gasteiger partial charge in [-0.05, 0) is 46.7 Å². The van der Waals surface area contributed by atoms with E-state index in [2.05, 4.69) is 34.1 Å². The minimum Gasteiger partial charge on any atom is -0.262 e. The summed E-state index contributed by atoms with van der Waals surface area (Å²) in [6.45, 7) is 0.732. The van der Waals surface area contributed by atoms with E-state index in [-0.39, 0.29) is 42.6 Å². The SMILES string of the molecule is CN(C[C@H](Cc1ccccc1)N(C[C@H](Cc1cccc2ccccc12)N(CCc1ccccc1)N=O)N=O)N=O.[Na]. The standard InChI is InChI=1S/C31H34N6O3.Na/c1-35(32-38)23-29(21-26-13-6-3-7-14-26)37(34-40)24-30(36(33-39)20-19-25-11-4-2-5-12-25)22-28-17-10-16-27-15-8-9-18-31(27)28;/h2-18,29-30H,19-24H2,1H3;/t29-,30-;/m0./s1. The molecule has 207 valence electrons. The van der Waals surface area contributed by atoms with E-state index in [1.165, 1.54) is 15.0 Å². The van der Waals surface area contributed by atoms with Crippen molar-refractivity contribution in [1.82, 2.24) is 15.0 Å². The predicted octanol–water partition coefficient (Wildman–Crippen LogP) is 5.80. The number of rotatable bonds is 16. The Kier molecular flexibility index (Phi) is 12.9. The number of hydrogen-bond donors (Lipinski definition) is 0. The van der Waals surface area contributed by atoms with Gasteiger partial charge in [-0.2, -0.15) is 0 Å². The van der Waals surface area contributed by atoms with Gasteiger partial charge in [0.15, 0.2) is 0 Å².